The number of likely N-dealkylation sites (tertiary alicyclic amines) is 1. The number of nitrogens with zero attached hydrogens (tertiary/aromatic N) is 1. The van der Waals surface area contributed by atoms with Crippen LogP contribution in [0.15, 0.2) is 46.9 Å². The zero-order valence-corrected chi connectivity index (χ0v) is 16.1. The van der Waals surface area contributed by atoms with E-state index in [2.05, 4.69) is 28.1 Å². The van der Waals surface area contributed by atoms with Crippen molar-refractivity contribution in [1.29, 1.82) is 0 Å². The highest BCUT2D eigenvalue weighted by Crippen LogP contribution is 2.30. The fourth-order valence-electron chi connectivity index (χ4n) is 3.29. The van der Waals surface area contributed by atoms with Crippen LogP contribution < -0.4 is 9.47 Å². The van der Waals surface area contributed by atoms with Gasteiger partial charge in [0, 0.05) is 23.5 Å². The molecule has 1 fully saturated rings. The Balaban J connectivity index is 1.74. The number of carbonyl (C=O) groups excluding carboxylic acids is 1. The molecule has 132 valence electrons. The molecule has 2 aromatic carbocycles. The van der Waals surface area contributed by atoms with Gasteiger partial charge in [-0.1, -0.05) is 34.1 Å². The first kappa shape index (κ1) is 17.8. The predicted octanol–water partition coefficient (Wildman–Crippen LogP) is 4.20. The summed E-state index contributed by atoms with van der Waals surface area (Å²) in [6, 6.07) is 14.3. The van der Waals surface area contributed by atoms with Gasteiger partial charge in [0.1, 0.15) is 0 Å². The third-order valence-electron chi connectivity index (χ3n) is 4.64. The molecule has 1 saturated heterocycles. The maximum Gasteiger partial charge on any atom is 0.223 e. The molecule has 4 nitrogen and oxygen atoms in total. The molecule has 0 radical (unpaired) electrons. The van der Waals surface area contributed by atoms with Gasteiger partial charge >= 0.3 is 0 Å². The summed E-state index contributed by atoms with van der Waals surface area (Å²) >= 11 is 3.45. The van der Waals surface area contributed by atoms with E-state index in [1.165, 1.54) is 0 Å². The van der Waals surface area contributed by atoms with Crippen LogP contribution in [-0.4, -0.2) is 31.1 Å². The van der Waals surface area contributed by atoms with E-state index in [4.69, 9.17) is 9.47 Å². The maximum atomic E-state index is 12.3. The van der Waals surface area contributed by atoms with Gasteiger partial charge < -0.3 is 14.4 Å². The van der Waals surface area contributed by atoms with Crippen LogP contribution in [0.25, 0.3) is 0 Å². The zero-order chi connectivity index (χ0) is 17.8. The van der Waals surface area contributed by atoms with Crippen LogP contribution in [0.4, 0.5) is 0 Å². The molecular formula is C20H22BrNO3. The van der Waals surface area contributed by atoms with Crippen molar-refractivity contribution < 1.29 is 14.3 Å². The van der Waals surface area contributed by atoms with Crippen molar-refractivity contribution in [3.05, 3.63) is 58.1 Å². The number of amides is 1. The van der Waals surface area contributed by atoms with E-state index in [0.29, 0.717) is 13.0 Å². The molecule has 1 aliphatic heterocycles. The SMILES string of the molecule is COc1ccc(C[C@@H]2CCC(=O)N2Cc2ccc(Br)cc2)cc1OC. The largest absolute Gasteiger partial charge is 0.493 e. The van der Waals surface area contributed by atoms with E-state index < -0.39 is 0 Å². The Morgan fingerprint density at radius 3 is 2.40 bits per heavy atom. The van der Waals surface area contributed by atoms with Gasteiger partial charge in [0.25, 0.3) is 0 Å². The minimum absolute atomic E-state index is 0.217. The van der Waals surface area contributed by atoms with Crippen LogP contribution in [0.2, 0.25) is 0 Å². The third kappa shape index (κ3) is 4.15. The molecule has 0 aromatic heterocycles. The van der Waals surface area contributed by atoms with Gasteiger partial charge in [-0.05, 0) is 48.2 Å². The van der Waals surface area contributed by atoms with Gasteiger partial charge in [0.2, 0.25) is 5.91 Å². The molecule has 0 spiro atoms. The number of hydrogen-bond donors (Lipinski definition) is 0. The zero-order valence-electron chi connectivity index (χ0n) is 14.5. The minimum atomic E-state index is 0.217. The summed E-state index contributed by atoms with van der Waals surface area (Å²) in [5.41, 5.74) is 2.30. The number of hydrogen-bond acceptors (Lipinski definition) is 3. The Kier molecular flexibility index (Phi) is 5.63. The molecule has 5 heteroatoms. The van der Waals surface area contributed by atoms with Gasteiger partial charge in [-0.2, -0.15) is 0 Å². The Labute approximate surface area is 156 Å². The van der Waals surface area contributed by atoms with Crippen LogP contribution in [0.3, 0.4) is 0 Å². The smallest absolute Gasteiger partial charge is 0.223 e. The Morgan fingerprint density at radius 1 is 1.04 bits per heavy atom. The molecule has 1 atom stereocenters. The number of ether oxygens (including phenoxy) is 2. The van der Waals surface area contributed by atoms with Crippen LogP contribution in [0, 0.1) is 0 Å². The van der Waals surface area contributed by atoms with Gasteiger partial charge in [-0.25, -0.2) is 0 Å². The van der Waals surface area contributed by atoms with Crippen molar-refractivity contribution in [2.45, 2.75) is 31.8 Å². The highest BCUT2D eigenvalue weighted by molar-refractivity contribution is 9.10. The predicted molar refractivity (Wildman–Crippen MR) is 101 cm³/mol. The molecule has 3 rings (SSSR count). The highest BCUT2D eigenvalue weighted by atomic mass is 79.9. The summed E-state index contributed by atoms with van der Waals surface area (Å²) in [7, 11) is 3.27. The molecular weight excluding hydrogens is 382 g/mol. The highest BCUT2D eigenvalue weighted by Gasteiger charge is 2.31. The summed E-state index contributed by atoms with van der Waals surface area (Å²) in [4.78, 5) is 14.3. The Morgan fingerprint density at radius 2 is 1.72 bits per heavy atom. The standard InChI is InChI=1S/C20H22BrNO3/c1-24-18-9-5-15(12-19(18)25-2)11-17-8-10-20(23)22(17)13-14-3-6-16(21)7-4-14/h3-7,9,12,17H,8,10-11,13H2,1-2H3/t17-/m0/s1. The average molecular weight is 404 g/mol. The lowest BCUT2D eigenvalue weighted by atomic mass is 10.0. The van der Waals surface area contributed by atoms with Crippen molar-refractivity contribution in [2.75, 3.05) is 14.2 Å². The van der Waals surface area contributed by atoms with Gasteiger partial charge in [0.15, 0.2) is 11.5 Å². The second-order valence-corrected chi connectivity index (χ2v) is 7.15. The molecule has 0 unspecified atom stereocenters. The molecule has 1 heterocycles. The van der Waals surface area contributed by atoms with Gasteiger partial charge in [-0.15, -0.1) is 0 Å². The Hall–Kier alpha value is -2.01. The number of benzene rings is 2. The molecule has 1 aliphatic rings. The number of halogens is 1. The molecule has 0 saturated carbocycles. The first-order chi connectivity index (χ1) is 12.1. The summed E-state index contributed by atoms with van der Waals surface area (Å²) in [6.45, 7) is 0.657. The monoisotopic (exact) mass is 403 g/mol. The second kappa shape index (κ2) is 7.91. The summed E-state index contributed by atoms with van der Waals surface area (Å²) in [5, 5.41) is 0. The normalized spacial score (nSPS) is 17.0. The van der Waals surface area contributed by atoms with Crippen molar-refractivity contribution in [1.82, 2.24) is 4.90 Å². The number of methoxy groups -OCH3 is 2. The van der Waals surface area contributed by atoms with Crippen molar-refractivity contribution in [3.63, 3.8) is 0 Å². The van der Waals surface area contributed by atoms with Crippen LogP contribution >= 0.6 is 15.9 Å². The summed E-state index contributed by atoms with van der Waals surface area (Å²) in [6.07, 6.45) is 2.33. The fourth-order valence-corrected chi connectivity index (χ4v) is 3.55. The average Bonchev–Trinajstić information content (AvgIpc) is 2.96. The lowest BCUT2D eigenvalue weighted by Crippen LogP contribution is -2.33. The quantitative estimate of drug-likeness (QED) is 0.725. The first-order valence-corrected chi connectivity index (χ1v) is 9.15. The van der Waals surface area contributed by atoms with E-state index in [1.54, 1.807) is 14.2 Å². The third-order valence-corrected chi connectivity index (χ3v) is 5.17. The molecule has 0 N–H and O–H groups in total. The fraction of sp³-hybridized carbons (Fsp3) is 0.350. The van der Waals surface area contributed by atoms with Gasteiger partial charge in [0.05, 0.1) is 14.2 Å². The lowest BCUT2D eigenvalue weighted by Gasteiger charge is -2.25. The van der Waals surface area contributed by atoms with E-state index in [-0.39, 0.29) is 11.9 Å². The van der Waals surface area contributed by atoms with Crippen molar-refractivity contribution in [3.8, 4) is 11.5 Å². The number of rotatable bonds is 6. The van der Waals surface area contributed by atoms with Crippen LogP contribution in [-0.2, 0) is 17.8 Å². The maximum absolute atomic E-state index is 12.3. The molecule has 0 aliphatic carbocycles. The molecule has 1 amide bonds. The first-order valence-electron chi connectivity index (χ1n) is 8.35. The second-order valence-electron chi connectivity index (χ2n) is 6.23. The minimum Gasteiger partial charge on any atom is -0.493 e. The van der Waals surface area contributed by atoms with Crippen LogP contribution in [0.5, 0.6) is 11.5 Å². The van der Waals surface area contributed by atoms with Crippen molar-refractivity contribution >= 4 is 21.8 Å². The Bertz CT molecular complexity index is 745. The van der Waals surface area contributed by atoms with Gasteiger partial charge in [-0.3, -0.25) is 4.79 Å². The van der Waals surface area contributed by atoms with E-state index in [1.807, 2.05) is 35.2 Å². The molecule has 0 bridgehead atoms. The van der Waals surface area contributed by atoms with E-state index in [0.717, 1.165) is 39.9 Å². The summed E-state index contributed by atoms with van der Waals surface area (Å²) < 4.78 is 11.7. The van der Waals surface area contributed by atoms with Crippen LogP contribution in [0.1, 0.15) is 24.0 Å². The van der Waals surface area contributed by atoms with Crippen molar-refractivity contribution in [2.24, 2.45) is 0 Å². The molecule has 2 aromatic rings. The lowest BCUT2D eigenvalue weighted by molar-refractivity contribution is -0.129. The topological polar surface area (TPSA) is 38.8 Å². The van der Waals surface area contributed by atoms with E-state index in [9.17, 15) is 4.79 Å². The number of carbonyl (C=O) groups is 1. The molecule has 25 heavy (non-hydrogen) atoms. The van der Waals surface area contributed by atoms with E-state index >= 15 is 0 Å². The summed E-state index contributed by atoms with van der Waals surface area (Å²) in [5.74, 6) is 1.68.